The van der Waals surface area contributed by atoms with Crippen LogP contribution in [0.4, 0.5) is 0 Å². The quantitative estimate of drug-likeness (QED) is 0.659. The Labute approximate surface area is 86.2 Å². The largest absolute Gasteiger partial charge is 0.381 e. The highest BCUT2D eigenvalue weighted by atomic mass is 16.5. The molecule has 14 heavy (non-hydrogen) atoms. The van der Waals surface area contributed by atoms with Gasteiger partial charge in [0.15, 0.2) is 0 Å². The maximum Gasteiger partial charge on any atom is 0.103 e. The molecule has 80 valence electrons. The van der Waals surface area contributed by atoms with Crippen LogP contribution in [0.2, 0.25) is 0 Å². The number of nitrogens with two attached hydrogens (primary N) is 1. The van der Waals surface area contributed by atoms with Crippen LogP contribution in [0.25, 0.3) is 0 Å². The number of nitrogens with zero attached hydrogens (tertiary/aromatic N) is 1. The predicted molar refractivity (Wildman–Crippen MR) is 55.6 cm³/mol. The van der Waals surface area contributed by atoms with E-state index in [1.807, 2.05) is 0 Å². The van der Waals surface area contributed by atoms with Gasteiger partial charge in [0, 0.05) is 19.6 Å². The van der Waals surface area contributed by atoms with Crippen LogP contribution in [0, 0.1) is 17.2 Å². The molecule has 1 rings (SSSR count). The van der Waals surface area contributed by atoms with Crippen molar-refractivity contribution in [1.29, 1.82) is 5.26 Å². The van der Waals surface area contributed by atoms with E-state index < -0.39 is 5.54 Å². The summed E-state index contributed by atoms with van der Waals surface area (Å²) in [5.41, 5.74) is 4.93. The highest BCUT2D eigenvalue weighted by Gasteiger charge is 2.18. The maximum absolute atomic E-state index is 8.66. The number of nitriles is 1. The third-order valence-electron chi connectivity index (χ3n) is 2.92. The zero-order valence-corrected chi connectivity index (χ0v) is 8.96. The standard InChI is InChI=1S/C11H20N2O/c1-11(13,9-12)6-8-14-7-5-10-3-2-4-10/h10H,2-8,13H2,1H3. The van der Waals surface area contributed by atoms with E-state index in [1.165, 1.54) is 25.7 Å². The molecule has 0 heterocycles. The van der Waals surface area contributed by atoms with Crippen LogP contribution in [0.15, 0.2) is 0 Å². The number of ether oxygens (including phenoxy) is 1. The first kappa shape index (κ1) is 11.5. The molecule has 0 saturated heterocycles. The van der Waals surface area contributed by atoms with Crippen molar-refractivity contribution in [3.63, 3.8) is 0 Å². The monoisotopic (exact) mass is 196 g/mol. The number of hydrogen-bond acceptors (Lipinski definition) is 3. The topological polar surface area (TPSA) is 59.0 Å². The van der Waals surface area contributed by atoms with Gasteiger partial charge in [-0.05, 0) is 19.3 Å². The molecule has 0 aliphatic heterocycles. The predicted octanol–water partition coefficient (Wildman–Crippen LogP) is 1.82. The molecule has 3 heteroatoms. The van der Waals surface area contributed by atoms with Gasteiger partial charge >= 0.3 is 0 Å². The highest BCUT2D eigenvalue weighted by molar-refractivity contribution is 5.00. The average molecular weight is 196 g/mol. The maximum atomic E-state index is 8.66. The first-order valence-corrected chi connectivity index (χ1v) is 5.42. The Morgan fingerprint density at radius 3 is 2.71 bits per heavy atom. The summed E-state index contributed by atoms with van der Waals surface area (Å²) in [5, 5.41) is 8.66. The van der Waals surface area contributed by atoms with Gasteiger partial charge in [0.05, 0.1) is 6.07 Å². The minimum Gasteiger partial charge on any atom is -0.381 e. The normalized spacial score (nSPS) is 20.9. The molecule has 0 aromatic rings. The molecule has 0 spiro atoms. The Bertz CT molecular complexity index is 204. The minimum atomic E-state index is -0.726. The highest BCUT2D eigenvalue weighted by Crippen LogP contribution is 2.29. The molecule has 1 aliphatic rings. The molecule has 1 fully saturated rings. The SMILES string of the molecule is CC(N)(C#N)CCOCCC1CCC1. The van der Waals surface area contributed by atoms with Crippen molar-refractivity contribution in [3.05, 3.63) is 0 Å². The molecular weight excluding hydrogens is 176 g/mol. The smallest absolute Gasteiger partial charge is 0.103 e. The van der Waals surface area contributed by atoms with Crippen molar-refractivity contribution in [1.82, 2.24) is 0 Å². The second kappa shape index (κ2) is 5.33. The molecule has 1 unspecified atom stereocenters. The second-order valence-electron chi connectivity index (χ2n) is 4.48. The van der Waals surface area contributed by atoms with Gasteiger partial charge in [-0.3, -0.25) is 0 Å². The molecule has 2 N–H and O–H groups in total. The Hall–Kier alpha value is -0.590. The van der Waals surface area contributed by atoms with Crippen molar-refractivity contribution >= 4 is 0 Å². The van der Waals surface area contributed by atoms with Crippen LogP contribution in [0.1, 0.15) is 39.0 Å². The molecule has 0 bridgehead atoms. The fourth-order valence-electron chi connectivity index (χ4n) is 1.47. The Morgan fingerprint density at radius 1 is 1.50 bits per heavy atom. The molecular formula is C11H20N2O. The number of rotatable bonds is 6. The van der Waals surface area contributed by atoms with E-state index in [9.17, 15) is 0 Å². The van der Waals surface area contributed by atoms with Gasteiger partial charge in [0.1, 0.15) is 5.54 Å². The molecule has 0 aromatic carbocycles. The molecule has 0 aromatic heterocycles. The number of hydrogen-bond donors (Lipinski definition) is 1. The molecule has 0 amide bonds. The summed E-state index contributed by atoms with van der Waals surface area (Å²) in [7, 11) is 0. The van der Waals surface area contributed by atoms with E-state index in [0.717, 1.165) is 12.5 Å². The van der Waals surface area contributed by atoms with Crippen molar-refractivity contribution in [2.75, 3.05) is 13.2 Å². The lowest BCUT2D eigenvalue weighted by molar-refractivity contribution is 0.0981. The van der Waals surface area contributed by atoms with Crippen molar-refractivity contribution in [2.45, 2.75) is 44.6 Å². The summed E-state index contributed by atoms with van der Waals surface area (Å²) in [6, 6.07) is 2.06. The van der Waals surface area contributed by atoms with Crippen LogP contribution in [-0.2, 0) is 4.74 Å². The van der Waals surface area contributed by atoms with Crippen LogP contribution >= 0.6 is 0 Å². The first-order valence-electron chi connectivity index (χ1n) is 5.42. The molecule has 1 aliphatic carbocycles. The lowest BCUT2D eigenvalue weighted by atomic mass is 9.83. The van der Waals surface area contributed by atoms with E-state index in [-0.39, 0.29) is 0 Å². The zero-order valence-electron chi connectivity index (χ0n) is 8.96. The van der Waals surface area contributed by atoms with Gasteiger partial charge < -0.3 is 10.5 Å². The van der Waals surface area contributed by atoms with E-state index in [1.54, 1.807) is 6.92 Å². The zero-order chi connectivity index (χ0) is 10.4. The van der Waals surface area contributed by atoms with E-state index >= 15 is 0 Å². The van der Waals surface area contributed by atoms with Gasteiger partial charge in [-0.1, -0.05) is 19.3 Å². The summed E-state index contributed by atoms with van der Waals surface area (Å²) in [6.07, 6.45) is 5.92. The van der Waals surface area contributed by atoms with Crippen LogP contribution in [-0.4, -0.2) is 18.8 Å². The molecule has 0 radical (unpaired) electrons. The average Bonchev–Trinajstić information content (AvgIpc) is 2.08. The Balaban J connectivity index is 1.91. The molecule has 1 saturated carbocycles. The summed E-state index contributed by atoms with van der Waals surface area (Å²) in [6.45, 7) is 3.17. The van der Waals surface area contributed by atoms with E-state index in [4.69, 9.17) is 15.7 Å². The van der Waals surface area contributed by atoms with Crippen LogP contribution in [0.5, 0.6) is 0 Å². The first-order chi connectivity index (χ1) is 6.64. The van der Waals surface area contributed by atoms with Crippen LogP contribution < -0.4 is 5.73 Å². The van der Waals surface area contributed by atoms with Crippen molar-refractivity contribution < 1.29 is 4.74 Å². The second-order valence-corrected chi connectivity index (χ2v) is 4.48. The fourth-order valence-corrected chi connectivity index (χ4v) is 1.47. The summed E-state index contributed by atoms with van der Waals surface area (Å²) < 4.78 is 5.45. The van der Waals surface area contributed by atoms with Crippen molar-refractivity contribution in [2.24, 2.45) is 11.7 Å². The Morgan fingerprint density at radius 2 is 2.21 bits per heavy atom. The van der Waals surface area contributed by atoms with Gasteiger partial charge in [-0.15, -0.1) is 0 Å². The summed E-state index contributed by atoms with van der Waals surface area (Å²) >= 11 is 0. The van der Waals surface area contributed by atoms with Gasteiger partial charge in [0.25, 0.3) is 0 Å². The molecule has 3 nitrogen and oxygen atoms in total. The molecule has 1 atom stereocenters. The minimum absolute atomic E-state index is 0.604. The summed E-state index contributed by atoms with van der Waals surface area (Å²) in [5.74, 6) is 0.898. The fraction of sp³-hybridized carbons (Fsp3) is 0.909. The third-order valence-corrected chi connectivity index (χ3v) is 2.92. The van der Waals surface area contributed by atoms with Crippen molar-refractivity contribution in [3.8, 4) is 6.07 Å². The van der Waals surface area contributed by atoms with Gasteiger partial charge in [-0.25, -0.2) is 0 Å². The Kier molecular flexibility index (Phi) is 4.37. The lowest BCUT2D eigenvalue weighted by Gasteiger charge is -2.25. The van der Waals surface area contributed by atoms with Gasteiger partial charge in [-0.2, -0.15) is 5.26 Å². The van der Waals surface area contributed by atoms with Crippen LogP contribution in [0.3, 0.4) is 0 Å². The summed E-state index contributed by atoms with van der Waals surface area (Å²) in [4.78, 5) is 0. The van der Waals surface area contributed by atoms with E-state index in [2.05, 4.69) is 6.07 Å². The van der Waals surface area contributed by atoms with Gasteiger partial charge in [0.2, 0.25) is 0 Å². The lowest BCUT2D eigenvalue weighted by Crippen LogP contribution is -2.35. The van der Waals surface area contributed by atoms with E-state index in [0.29, 0.717) is 13.0 Å². The third kappa shape index (κ3) is 4.08.